The van der Waals surface area contributed by atoms with Gasteiger partial charge in [-0.05, 0) is 24.3 Å². The molecule has 0 aliphatic rings. The van der Waals surface area contributed by atoms with Gasteiger partial charge >= 0.3 is 0 Å². The summed E-state index contributed by atoms with van der Waals surface area (Å²) >= 11 is 5.87. The van der Waals surface area contributed by atoms with Crippen molar-refractivity contribution < 1.29 is 0 Å². The molecule has 0 aliphatic heterocycles. The molecule has 0 saturated carbocycles. The van der Waals surface area contributed by atoms with E-state index in [1.165, 1.54) is 0 Å². The van der Waals surface area contributed by atoms with Crippen LogP contribution in [0.4, 0.5) is 0 Å². The van der Waals surface area contributed by atoms with E-state index in [-0.39, 0.29) is 0 Å². The first-order valence-electron chi connectivity index (χ1n) is 5.02. The molecule has 3 heteroatoms. The Kier molecular flexibility index (Phi) is 2.15. The molecule has 0 bridgehead atoms. The van der Waals surface area contributed by atoms with E-state index in [9.17, 15) is 0 Å². The molecule has 0 aliphatic carbocycles. The fourth-order valence-electron chi connectivity index (χ4n) is 1.77. The van der Waals surface area contributed by atoms with E-state index in [1.807, 2.05) is 53.3 Å². The summed E-state index contributed by atoms with van der Waals surface area (Å²) in [4.78, 5) is 4.42. The van der Waals surface area contributed by atoms with Gasteiger partial charge in [0.15, 0.2) is 0 Å². The molecule has 0 amide bonds. The van der Waals surface area contributed by atoms with Crippen LogP contribution >= 0.6 is 11.6 Å². The summed E-state index contributed by atoms with van der Waals surface area (Å²) in [5.41, 5.74) is 3.17. The first-order chi connectivity index (χ1) is 7.84. The van der Waals surface area contributed by atoms with Crippen LogP contribution in [-0.2, 0) is 0 Å². The second kappa shape index (κ2) is 3.65. The Morgan fingerprint density at radius 2 is 1.81 bits per heavy atom. The van der Waals surface area contributed by atoms with Gasteiger partial charge in [0.2, 0.25) is 0 Å². The summed E-state index contributed by atoms with van der Waals surface area (Å²) in [5, 5.41) is 0.743. The molecule has 3 rings (SSSR count). The lowest BCUT2D eigenvalue weighted by molar-refractivity contribution is 1.15. The van der Waals surface area contributed by atoms with E-state index in [2.05, 4.69) is 11.1 Å². The highest BCUT2D eigenvalue weighted by Crippen LogP contribution is 2.24. The maximum atomic E-state index is 5.87. The normalized spacial score (nSPS) is 10.8. The number of aromatic nitrogens is 2. The Morgan fingerprint density at radius 1 is 1.00 bits per heavy atom. The molecule has 0 unspecified atom stereocenters. The fourth-order valence-corrected chi connectivity index (χ4v) is 1.90. The van der Waals surface area contributed by atoms with Gasteiger partial charge in [-0.15, -0.1) is 0 Å². The molecule has 0 N–H and O–H groups in total. The second-order valence-electron chi connectivity index (χ2n) is 3.59. The highest BCUT2D eigenvalue weighted by Gasteiger charge is 2.05. The summed E-state index contributed by atoms with van der Waals surface area (Å²) in [6.07, 6.45) is 3.81. The summed E-state index contributed by atoms with van der Waals surface area (Å²) in [6, 6.07) is 13.8. The van der Waals surface area contributed by atoms with E-state index < -0.39 is 0 Å². The van der Waals surface area contributed by atoms with E-state index in [0.29, 0.717) is 0 Å². The van der Waals surface area contributed by atoms with E-state index >= 15 is 0 Å². The number of hydrogen-bond acceptors (Lipinski definition) is 1. The molecule has 1 aromatic carbocycles. The number of benzene rings is 1. The van der Waals surface area contributed by atoms with Crippen molar-refractivity contribution in [2.24, 2.45) is 0 Å². The van der Waals surface area contributed by atoms with Crippen LogP contribution in [0.15, 0.2) is 55.0 Å². The zero-order valence-corrected chi connectivity index (χ0v) is 9.22. The largest absolute Gasteiger partial charge is 0.306 e. The van der Waals surface area contributed by atoms with Crippen molar-refractivity contribution in [1.82, 2.24) is 9.38 Å². The van der Waals surface area contributed by atoms with E-state index in [4.69, 9.17) is 11.6 Å². The smallest absolute Gasteiger partial charge is 0.0999 e. The summed E-state index contributed by atoms with van der Waals surface area (Å²) in [6.45, 7) is 0. The van der Waals surface area contributed by atoms with Crippen molar-refractivity contribution in [3.63, 3.8) is 0 Å². The molecule has 3 aromatic rings. The van der Waals surface area contributed by atoms with Gasteiger partial charge in [-0.3, -0.25) is 0 Å². The minimum Gasteiger partial charge on any atom is -0.306 e. The number of imidazole rings is 1. The minimum absolute atomic E-state index is 0.743. The van der Waals surface area contributed by atoms with Gasteiger partial charge < -0.3 is 4.40 Å². The summed E-state index contributed by atoms with van der Waals surface area (Å²) < 4.78 is 2.00. The van der Waals surface area contributed by atoms with Crippen LogP contribution in [0.3, 0.4) is 0 Å². The quantitative estimate of drug-likeness (QED) is 0.621. The van der Waals surface area contributed by atoms with Gasteiger partial charge in [0, 0.05) is 16.8 Å². The molecule has 0 saturated heterocycles. The first-order valence-corrected chi connectivity index (χ1v) is 5.40. The second-order valence-corrected chi connectivity index (χ2v) is 4.03. The molecular weight excluding hydrogens is 220 g/mol. The third kappa shape index (κ3) is 1.48. The Labute approximate surface area is 98.1 Å². The van der Waals surface area contributed by atoms with E-state index in [0.717, 1.165) is 21.8 Å². The number of nitrogens with zero attached hydrogens (tertiary/aromatic N) is 2. The fraction of sp³-hybridized carbons (Fsp3) is 0. The number of halogens is 1. The topological polar surface area (TPSA) is 17.3 Å². The molecule has 0 atom stereocenters. The molecule has 0 fully saturated rings. The summed E-state index contributed by atoms with van der Waals surface area (Å²) in [7, 11) is 0. The minimum atomic E-state index is 0.743. The summed E-state index contributed by atoms with van der Waals surface area (Å²) in [5.74, 6) is 0. The van der Waals surface area contributed by atoms with Gasteiger partial charge in [0.1, 0.15) is 0 Å². The third-order valence-corrected chi connectivity index (χ3v) is 2.81. The highest BCUT2D eigenvalue weighted by molar-refractivity contribution is 6.30. The molecule has 2 heterocycles. The third-order valence-electron chi connectivity index (χ3n) is 2.56. The van der Waals surface area contributed by atoms with E-state index in [1.54, 1.807) is 0 Å². The molecule has 0 radical (unpaired) electrons. The average molecular weight is 229 g/mol. The van der Waals surface area contributed by atoms with Crippen molar-refractivity contribution in [1.29, 1.82) is 0 Å². The van der Waals surface area contributed by atoms with Gasteiger partial charge in [0.25, 0.3) is 0 Å². The van der Waals surface area contributed by atoms with Crippen molar-refractivity contribution in [3.8, 4) is 11.3 Å². The molecule has 78 valence electrons. The predicted molar refractivity (Wildman–Crippen MR) is 65.6 cm³/mol. The van der Waals surface area contributed by atoms with Gasteiger partial charge in [0.05, 0.1) is 17.5 Å². The maximum absolute atomic E-state index is 5.87. The van der Waals surface area contributed by atoms with Crippen molar-refractivity contribution in [2.75, 3.05) is 0 Å². The Morgan fingerprint density at radius 3 is 2.62 bits per heavy atom. The van der Waals surface area contributed by atoms with Crippen molar-refractivity contribution in [3.05, 3.63) is 60.0 Å². The van der Waals surface area contributed by atoms with Gasteiger partial charge in [-0.1, -0.05) is 29.8 Å². The molecule has 0 spiro atoms. The maximum Gasteiger partial charge on any atom is 0.0999 e. The number of rotatable bonds is 1. The average Bonchev–Trinajstić information content (AvgIpc) is 2.74. The zero-order chi connectivity index (χ0) is 11.0. The zero-order valence-electron chi connectivity index (χ0n) is 8.47. The Bertz CT molecular complexity index is 626. The van der Waals surface area contributed by atoms with Crippen LogP contribution < -0.4 is 0 Å². The lowest BCUT2D eigenvalue weighted by atomic mass is 10.1. The van der Waals surface area contributed by atoms with Crippen LogP contribution in [0.25, 0.3) is 16.8 Å². The number of fused-ring (bicyclic) bond motifs is 1. The molecular formula is C13H9ClN2. The van der Waals surface area contributed by atoms with Crippen LogP contribution in [0.5, 0.6) is 0 Å². The lowest BCUT2D eigenvalue weighted by Gasteiger charge is -1.98. The Balaban J connectivity index is 2.22. The first kappa shape index (κ1) is 9.43. The lowest BCUT2D eigenvalue weighted by Crippen LogP contribution is -1.81. The van der Waals surface area contributed by atoms with Gasteiger partial charge in [-0.2, -0.15) is 0 Å². The predicted octanol–water partition coefficient (Wildman–Crippen LogP) is 3.65. The van der Waals surface area contributed by atoms with Crippen LogP contribution in [0.2, 0.25) is 5.02 Å². The highest BCUT2D eigenvalue weighted by atomic mass is 35.5. The van der Waals surface area contributed by atoms with Crippen LogP contribution in [0, 0.1) is 0 Å². The number of pyridine rings is 1. The van der Waals surface area contributed by atoms with Crippen molar-refractivity contribution >= 4 is 17.1 Å². The standard InChI is InChI=1S/C13H9ClN2/c14-11-6-4-10(5-7-11)13-12-3-1-2-8-16(12)9-15-13/h1-9H. The molecule has 16 heavy (non-hydrogen) atoms. The molecule has 2 aromatic heterocycles. The molecule has 2 nitrogen and oxygen atoms in total. The van der Waals surface area contributed by atoms with Gasteiger partial charge in [-0.25, -0.2) is 4.98 Å². The van der Waals surface area contributed by atoms with Crippen molar-refractivity contribution in [2.45, 2.75) is 0 Å². The Hall–Kier alpha value is -1.80. The monoisotopic (exact) mass is 228 g/mol. The number of hydrogen-bond donors (Lipinski definition) is 0. The van der Waals surface area contributed by atoms with Crippen LogP contribution in [0.1, 0.15) is 0 Å². The van der Waals surface area contributed by atoms with Crippen LogP contribution in [-0.4, -0.2) is 9.38 Å². The SMILES string of the molecule is Clc1ccc(-c2ncn3ccccc23)cc1.